The highest BCUT2D eigenvalue weighted by atomic mass is 127. The number of ether oxygens (including phenoxy) is 1. The highest BCUT2D eigenvalue weighted by Gasteiger charge is 2.34. The van der Waals surface area contributed by atoms with Crippen LogP contribution in [0.1, 0.15) is 18.4 Å². The van der Waals surface area contributed by atoms with E-state index in [1.54, 1.807) is 7.05 Å². The van der Waals surface area contributed by atoms with E-state index in [0.717, 1.165) is 51.6 Å². The average molecular weight is 520 g/mol. The zero-order valence-electron chi connectivity index (χ0n) is 16.7. The van der Waals surface area contributed by atoms with Gasteiger partial charge in [0.05, 0.1) is 6.61 Å². The fourth-order valence-electron chi connectivity index (χ4n) is 3.64. The molecule has 0 radical (unpaired) electrons. The van der Waals surface area contributed by atoms with E-state index in [2.05, 4.69) is 44.8 Å². The standard InChI is InChI=1S/C20H32N4O2S.HI/c1-21-19(23-15-20(6-10-25)7-11-26-16-20)22-14-17-2-4-18(5-3-17)24-8-12-27-13-9-24;/h2-5,25H,6-16H2,1H3,(H2,21,22,23);1H. The molecular formula is C20H33IN4O2S. The van der Waals surface area contributed by atoms with Crippen molar-refractivity contribution in [1.29, 1.82) is 0 Å². The molecule has 0 bridgehead atoms. The van der Waals surface area contributed by atoms with Crippen LogP contribution in [0, 0.1) is 5.41 Å². The smallest absolute Gasteiger partial charge is 0.191 e. The first-order chi connectivity index (χ1) is 13.2. The molecule has 0 spiro atoms. The molecule has 0 saturated carbocycles. The Kier molecular flexibility index (Phi) is 10.2. The normalized spacial score (nSPS) is 22.6. The maximum Gasteiger partial charge on any atom is 0.191 e. The number of guanidine groups is 1. The topological polar surface area (TPSA) is 69.1 Å². The molecule has 158 valence electrons. The summed E-state index contributed by atoms with van der Waals surface area (Å²) in [6.45, 7) is 5.44. The minimum absolute atomic E-state index is 0. The van der Waals surface area contributed by atoms with Crippen LogP contribution in [0.4, 0.5) is 5.69 Å². The molecule has 28 heavy (non-hydrogen) atoms. The molecule has 1 atom stereocenters. The van der Waals surface area contributed by atoms with Gasteiger partial charge in [-0.1, -0.05) is 12.1 Å². The Morgan fingerprint density at radius 1 is 1.25 bits per heavy atom. The summed E-state index contributed by atoms with van der Waals surface area (Å²) in [6.07, 6.45) is 1.74. The van der Waals surface area contributed by atoms with E-state index < -0.39 is 0 Å². The minimum Gasteiger partial charge on any atom is -0.396 e. The lowest BCUT2D eigenvalue weighted by Crippen LogP contribution is -2.44. The van der Waals surface area contributed by atoms with Gasteiger partial charge in [0.1, 0.15) is 0 Å². The second kappa shape index (κ2) is 12.1. The Morgan fingerprint density at radius 2 is 2.00 bits per heavy atom. The largest absolute Gasteiger partial charge is 0.396 e. The van der Waals surface area contributed by atoms with Crippen LogP contribution in [0.5, 0.6) is 0 Å². The summed E-state index contributed by atoms with van der Waals surface area (Å²) in [5, 5.41) is 16.1. The average Bonchev–Trinajstić information content (AvgIpc) is 3.18. The Hall–Kier alpha value is -0.710. The second-order valence-corrected chi connectivity index (χ2v) is 8.55. The number of aliphatic hydroxyl groups is 1. The van der Waals surface area contributed by atoms with Crippen molar-refractivity contribution in [1.82, 2.24) is 10.6 Å². The van der Waals surface area contributed by atoms with E-state index in [0.29, 0.717) is 6.61 Å². The third kappa shape index (κ3) is 6.67. The van der Waals surface area contributed by atoms with Crippen molar-refractivity contribution < 1.29 is 9.84 Å². The zero-order chi connectivity index (χ0) is 19.0. The van der Waals surface area contributed by atoms with Crippen molar-refractivity contribution >= 4 is 47.4 Å². The lowest BCUT2D eigenvalue weighted by atomic mass is 9.84. The summed E-state index contributed by atoms with van der Waals surface area (Å²) in [4.78, 5) is 6.78. The first kappa shape index (κ1) is 23.6. The first-order valence-electron chi connectivity index (χ1n) is 9.79. The molecule has 2 saturated heterocycles. The summed E-state index contributed by atoms with van der Waals surface area (Å²) in [6, 6.07) is 8.81. The van der Waals surface area contributed by atoms with Crippen molar-refractivity contribution in [2.75, 3.05) is 62.9 Å². The minimum atomic E-state index is 0. The van der Waals surface area contributed by atoms with E-state index in [4.69, 9.17) is 4.74 Å². The predicted octanol–water partition coefficient (Wildman–Crippen LogP) is 2.31. The number of hydrogen-bond acceptors (Lipinski definition) is 5. The van der Waals surface area contributed by atoms with Crippen molar-refractivity contribution in [2.45, 2.75) is 19.4 Å². The molecule has 0 aliphatic carbocycles. The van der Waals surface area contributed by atoms with Gasteiger partial charge in [-0.25, -0.2) is 0 Å². The van der Waals surface area contributed by atoms with Crippen molar-refractivity contribution in [3.63, 3.8) is 0 Å². The summed E-state index contributed by atoms with van der Waals surface area (Å²) in [7, 11) is 1.79. The predicted molar refractivity (Wildman–Crippen MR) is 129 cm³/mol. The zero-order valence-corrected chi connectivity index (χ0v) is 19.8. The highest BCUT2D eigenvalue weighted by molar-refractivity contribution is 14.0. The Labute approximate surface area is 189 Å². The van der Waals surface area contributed by atoms with Crippen LogP contribution in [-0.4, -0.2) is 69.1 Å². The van der Waals surface area contributed by atoms with Gasteiger partial charge in [0.2, 0.25) is 0 Å². The summed E-state index contributed by atoms with van der Waals surface area (Å²) in [5.41, 5.74) is 2.57. The van der Waals surface area contributed by atoms with E-state index in [1.165, 1.54) is 22.8 Å². The van der Waals surface area contributed by atoms with Crippen LogP contribution in [0.15, 0.2) is 29.3 Å². The molecular weight excluding hydrogens is 487 g/mol. The number of hydrogen-bond donors (Lipinski definition) is 3. The van der Waals surface area contributed by atoms with Crippen LogP contribution in [0.3, 0.4) is 0 Å². The van der Waals surface area contributed by atoms with E-state index in [-0.39, 0.29) is 36.0 Å². The molecule has 1 unspecified atom stereocenters. The molecule has 2 heterocycles. The van der Waals surface area contributed by atoms with Gasteiger partial charge in [-0.05, 0) is 30.5 Å². The van der Waals surface area contributed by atoms with Gasteiger partial charge in [-0.15, -0.1) is 24.0 Å². The van der Waals surface area contributed by atoms with Crippen LogP contribution >= 0.6 is 35.7 Å². The fourth-order valence-corrected chi connectivity index (χ4v) is 4.54. The number of thioether (sulfide) groups is 1. The van der Waals surface area contributed by atoms with Gasteiger partial charge in [0.25, 0.3) is 0 Å². The van der Waals surface area contributed by atoms with Gasteiger partial charge in [-0.3, -0.25) is 4.99 Å². The molecule has 2 fully saturated rings. The van der Waals surface area contributed by atoms with Gasteiger partial charge in [0, 0.05) is 69.0 Å². The fraction of sp³-hybridized carbons (Fsp3) is 0.650. The van der Waals surface area contributed by atoms with Gasteiger partial charge in [-0.2, -0.15) is 11.8 Å². The van der Waals surface area contributed by atoms with Gasteiger partial charge < -0.3 is 25.4 Å². The summed E-state index contributed by atoms with van der Waals surface area (Å²) < 4.78 is 5.55. The van der Waals surface area contributed by atoms with Gasteiger partial charge >= 0.3 is 0 Å². The van der Waals surface area contributed by atoms with Crippen LogP contribution in [0.25, 0.3) is 0 Å². The van der Waals surface area contributed by atoms with E-state index in [9.17, 15) is 5.11 Å². The number of aliphatic imine (C=N–C) groups is 1. The molecule has 1 aromatic rings. The number of nitrogens with zero attached hydrogens (tertiary/aromatic N) is 2. The maximum absolute atomic E-state index is 9.35. The number of anilines is 1. The third-order valence-electron chi connectivity index (χ3n) is 5.45. The van der Waals surface area contributed by atoms with Gasteiger partial charge in [0.15, 0.2) is 5.96 Å². The molecule has 1 aromatic carbocycles. The van der Waals surface area contributed by atoms with Crippen LogP contribution < -0.4 is 15.5 Å². The number of halogens is 1. The van der Waals surface area contributed by atoms with Crippen LogP contribution in [0.2, 0.25) is 0 Å². The number of aliphatic hydroxyl groups excluding tert-OH is 1. The molecule has 3 N–H and O–H groups in total. The number of benzene rings is 1. The monoisotopic (exact) mass is 520 g/mol. The molecule has 0 amide bonds. The SMILES string of the molecule is CN=C(NCc1ccc(N2CCSCC2)cc1)NCC1(CCO)CCOC1.I. The third-order valence-corrected chi connectivity index (χ3v) is 6.40. The highest BCUT2D eigenvalue weighted by Crippen LogP contribution is 2.31. The summed E-state index contributed by atoms with van der Waals surface area (Å²) >= 11 is 2.03. The lowest BCUT2D eigenvalue weighted by Gasteiger charge is -2.28. The Morgan fingerprint density at radius 3 is 2.61 bits per heavy atom. The Balaban J connectivity index is 0.00000280. The molecule has 0 aromatic heterocycles. The van der Waals surface area contributed by atoms with Crippen molar-refractivity contribution in [2.24, 2.45) is 10.4 Å². The van der Waals surface area contributed by atoms with E-state index in [1.807, 2.05) is 11.8 Å². The molecule has 8 heteroatoms. The summed E-state index contributed by atoms with van der Waals surface area (Å²) in [5.74, 6) is 3.22. The molecule has 6 nitrogen and oxygen atoms in total. The molecule has 2 aliphatic heterocycles. The molecule has 2 aliphatic rings. The number of rotatable bonds is 7. The number of nitrogens with one attached hydrogen (secondary N) is 2. The Bertz CT molecular complexity index is 603. The molecule has 3 rings (SSSR count). The van der Waals surface area contributed by atoms with Crippen molar-refractivity contribution in [3.05, 3.63) is 29.8 Å². The maximum atomic E-state index is 9.35. The van der Waals surface area contributed by atoms with Crippen molar-refractivity contribution in [3.8, 4) is 0 Å². The van der Waals surface area contributed by atoms with E-state index >= 15 is 0 Å². The van der Waals surface area contributed by atoms with Crippen LogP contribution in [-0.2, 0) is 11.3 Å². The second-order valence-electron chi connectivity index (χ2n) is 7.32. The quantitative estimate of drug-likeness (QED) is 0.292. The lowest BCUT2D eigenvalue weighted by molar-refractivity contribution is 0.127. The first-order valence-corrected chi connectivity index (χ1v) is 10.9.